The molecule has 17 heavy (non-hydrogen) atoms. The van der Waals surface area contributed by atoms with Gasteiger partial charge in [-0.05, 0) is 0 Å². The van der Waals surface area contributed by atoms with Gasteiger partial charge >= 0.3 is 7.82 Å². The molecular formula is C8H13N2O6P. The van der Waals surface area contributed by atoms with Crippen LogP contribution in [0.3, 0.4) is 0 Å². The number of phosphoric acid groups is 1. The van der Waals surface area contributed by atoms with Crippen molar-refractivity contribution in [1.82, 2.24) is 0 Å². The van der Waals surface area contributed by atoms with Gasteiger partial charge in [0.15, 0.2) is 0 Å². The molecule has 1 saturated heterocycles. The van der Waals surface area contributed by atoms with Gasteiger partial charge < -0.3 is 4.89 Å². The first-order valence-electron chi connectivity index (χ1n) is 4.72. The van der Waals surface area contributed by atoms with Crippen LogP contribution >= 0.6 is 7.82 Å². The van der Waals surface area contributed by atoms with Crippen molar-refractivity contribution in [2.45, 2.75) is 12.8 Å². The maximum Gasteiger partial charge on any atom is 0.472 e. The first kappa shape index (κ1) is 16.0. The van der Waals surface area contributed by atoms with E-state index in [1.165, 1.54) is 0 Å². The van der Waals surface area contributed by atoms with Crippen molar-refractivity contribution >= 4 is 7.82 Å². The van der Waals surface area contributed by atoms with E-state index in [0.29, 0.717) is 0 Å². The summed E-state index contributed by atoms with van der Waals surface area (Å²) in [5.41, 5.74) is 0. The molecule has 0 bridgehead atoms. The quantitative estimate of drug-likeness (QED) is 0.426. The molecule has 0 spiro atoms. The number of hydrogen-bond donors (Lipinski definition) is 1. The number of nitriles is 2. The molecule has 0 saturated carbocycles. The minimum atomic E-state index is -4.05. The predicted molar refractivity (Wildman–Crippen MR) is 54.1 cm³/mol. The summed E-state index contributed by atoms with van der Waals surface area (Å²) in [5.74, 6) is 0. The van der Waals surface area contributed by atoms with E-state index < -0.39 is 7.82 Å². The minimum Gasteiger partial charge on any atom is -0.302 e. The standard InChI is InChI=1S/C6H9N2O4P.C2H4O2/c7-3-1-5-11-13(9,10)12-6-2-4-8;1-2-4-3-1/h1-2,5-6H2,(H,9,10);1-2H2. The van der Waals surface area contributed by atoms with Crippen LogP contribution in [0.4, 0.5) is 0 Å². The summed E-state index contributed by atoms with van der Waals surface area (Å²) >= 11 is 0. The van der Waals surface area contributed by atoms with Crippen molar-refractivity contribution in [3.05, 3.63) is 0 Å². The molecule has 0 aliphatic carbocycles. The molecule has 0 amide bonds. The molecule has 1 rings (SSSR count). The Morgan fingerprint density at radius 3 is 1.71 bits per heavy atom. The van der Waals surface area contributed by atoms with Gasteiger partial charge in [0, 0.05) is 0 Å². The molecule has 0 aromatic heterocycles. The van der Waals surface area contributed by atoms with Crippen molar-refractivity contribution in [3.8, 4) is 12.1 Å². The SMILES string of the molecule is C1COO1.N#CCCOP(=O)(O)OCCC#N. The van der Waals surface area contributed by atoms with Gasteiger partial charge in [0.2, 0.25) is 0 Å². The van der Waals surface area contributed by atoms with E-state index >= 15 is 0 Å². The molecule has 0 unspecified atom stereocenters. The lowest BCUT2D eigenvalue weighted by Gasteiger charge is -2.09. The van der Waals surface area contributed by atoms with Gasteiger partial charge in [-0.25, -0.2) is 14.3 Å². The topological polar surface area (TPSA) is 122 Å². The van der Waals surface area contributed by atoms with Crippen molar-refractivity contribution in [2.24, 2.45) is 0 Å². The summed E-state index contributed by atoms with van der Waals surface area (Å²) in [6, 6.07) is 3.48. The van der Waals surface area contributed by atoms with Gasteiger partial charge in [-0.3, -0.25) is 9.05 Å². The Kier molecular flexibility index (Phi) is 9.59. The summed E-state index contributed by atoms with van der Waals surface area (Å²) in [6.07, 6.45) is 0.0400. The molecule has 0 aromatic carbocycles. The van der Waals surface area contributed by atoms with Gasteiger partial charge in [-0.1, -0.05) is 0 Å². The van der Waals surface area contributed by atoms with Crippen molar-refractivity contribution in [1.29, 1.82) is 10.5 Å². The summed E-state index contributed by atoms with van der Waals surface area (Å²) in [6.45, 7) is 1.24. The molecule has 1 aliphatic rings. The fourth-order valence-corrected chi connectivity index (χ4v) is 1.25. The molecule has 1 N–H and O–H groups in total. The molecule has 9 heteroatoms. The Balaban J connectivity index is 0.000000529. The normalized spacial score (nSPS) is 13.6. The zero-order chi connectivity index (χ0) is 13.0. The average molecular weight is 264 g/mol. The molecule has 1 heterocycles. The zero-order valence-corrected chi connectivity index (χ0v) is 9.97. The van der Waals surface area contributed by atoms with Gasteiger partial charge in [-0.15, -0.1) is 0 Å². The number of hydrogen-bond acceptors (Lipinski definition) is 7. The highest BCUT2D eigenvalue weighted by Gasteiger charge is 2.19. The van der Waals surface area contributed by atoms with Crippen LogP contribution in [0.2, 0.25) is 0 Å². The molecule has 1 fully saturated rings. The Hall–Kier alpha value is -0.990. The van der Waals surface area contributed by atoms with E-state index in [2.05, 4.69) is 18.8 Å². The fraction of sp³-hybridized carbons (Fsp3) is 0.750. The molecular weight excluding hydrogens is 251 g/mol. The maximum absolute atomic E-state index is 10.9. The second-order valence-electron chi connectivity index (χ2n) is 2.60. The summed E-state index contributed by atoms with van der Waals surface area (Å²) in [7, 11) is -4.05. The van der Waals surface area contributed by atoms with Crippen LogP contribution in [0.15, 0.2) is 0 Å². The zero-order valence-electron chi connectivity index (χ0n) is 9.07. The molecule has 8 nitrogen and oxygen atoms in total. The second-order valence-corrected chi connectivity index (χ2v) is 4.05. The van der Waals surface area contributed by atoms with E-state index in [1.54, 1.807) is 12.1 Å². The Bertz CT molecular complexity index is 291. The van der Waals surface area contributed by atoms with E-state index in [4.69, 9.17) is 15.4 Å². The molecule has 1 aliphatic heterocycles. The Morgan fingerprint density at radius 1 is 1.12 bits per heavy atom. The average Bonchev–Trinajstić information content (AvgIpc) is 2.15. The van der Waals surface area contributed by atoms with Gasteiger partial charge in [0.25, 0.3) is 0 Å². The number of rotatable bonds is 6. The number of nitrogens with zero attached hydrogens (tertiary/aromatic N) is 2. The monoisotopic (exact) mass is 264 g/mol. The van der Waals surface area contributed by atoms with Gasteiger partial charge in [0.1, 0.15) is 13.2 Å². The van der Waals surface area contributed by atoms with Gasteiger partial charge in [0.05, 0.1) is 38.2 Å². The van der Waals surface area contributed by atoms with Crippen molar-refractivity contribution < 1.29 is 28.3 Å². The minimum absolute atomic E-state index is 0.0200. The first-order chi connectivity index (χ1) is 8.12. The van der Waals surface area contributed by atoms with Crippen LogP contribution in [0.25, 0.3) is 0 Å². The van der Waals surface area contributed by atoms with E-state index in [9.17, 15) is 4.57 Å². The van der Waals surface area contributed by atoms with E-state index in [-0.39, 0.29) is 26.1 Å². The van der Waals surface area contributed by atoms with Crippen LogP contribution in [-0.2, 0) is 23.4 Å². The maximum atomic E-state index is 10.9. The van der Waals surface area contributed by atoms with Crippen LogP contribution in [0.1, 0.15) is 12.8 Å². The third-order valence-corrected chi connectivity index (χ3v) is 2.29. The largest absolute Gasteiger partial charge is 0.472 e. The third-order valence-electron chi connectivity index (χ3n) is 1.27. The third kappa shape index (κ3) is 11.3. The molecule has 96 valence electrons. The van der Waals surface area contributed by atoms with Crippen LogP contribution in [0, 0.1) is 22.7 Å². The van der Waals surface area contributed by atoms with Crippen molar-refractivity contribution in [3.63, 3.8) is 0 Å². The van der Waals surface area contributed by atoms with E-state index in [0.717, 1.165) is 13.2 Å². The lowest BCUT2D eigenvalue weighted by molar-refractivity contribution is -0.382. The molecule has 0 atom stereocenters. The second kappa shape index (κ2) is 10.2. The highest BCUT2D eigenvalue weighted by atomic mass is 31.2. The first-order valence-corrected chi connectivity index (χ1v) is 6.22. The molecule has 0 radical (unpaired) electrons. The Labute approximate surface area is 98.8 Å². The van der Waals surface area contributed by atoms with Crippen molar-refractivity contribution in [2.75, 3.05) is 26.4 Å². The summed E-state index contributed by atoms with van der Waals surface area (Å²) in [5, 5.41) is 16.2. The predicted octanol–water partition coefficient (Wildman–Crippen LogP) is 0.896. The summed E-state index contributed by atoms with van der Waals surface area (Å²) < 4.78 is 19.6. The van der Waals surface area contributed by atoms with E-state index in [1.807, 2.05) is 0 Å². The van der Waals surface area contributed by atoms with Crippen LogP contribution in [0.5, 0.6) is 0 Å². The van der Waals surface area contributed by atoms with Gasteiger partial charge in [-0.2, -0.15) is 10.5 Å². The smallest absolute Gasteiger partial charge is 0.302 e. The van der Waals surface area contributed by atoms with Crippen LogP contribution < -0.4 is 0 Å². The summed E-state index contributed by atoms with van der Waals surface area (Å²) in [4.78, 5) is 17.3. The highest BCUT2D eigenvalue weighted by Crippen LogP contribution is 2.43. The lowest BCUT2D eigenvalue weighted by atomic mass is 10.5. The fourth-order valence-electron chi connectivity index (χ4n) is 0.534. The number of phosphoric ester groups is 1. The Morgan fingerprint density at radius 2 is 1.47 bits per heavy atom. The lowest BCUT2D eigenvalue weighted by Crippen LogP contribution is -2.14. The highest BCUT2D eigenvalue weighted by molar-refractivity contribution is 7.47. The van der Waals surface area contributed by atoms with Crippen LogP contribution in [-0.4, -0.2) is 31.3 Å². The molecule has 0 aromatic rings.